The van der Waals surface area contributed by atoms with Crippen molar-refractivity contribution in [2.75, 3.05) is 36.5 Å². The second kappa shape index (κ2) is 9.06. The standard InChI is InChI=1S/C20H22N6O2S/c1-14(29-20-23-18(24-25-20)15-6-8-21-9-7-15)19(27)22-16-2-4-17(5-3-16)26-10-12-28-13-11-26/h2-9,14H,10-13H2,1H3,(H,22,27)(H,23,24,25)/t14-/m1/s1. The predicted molar refractivity (Wildman–Crippen MR) is 113 cm³/mol. The van der Waals surface area contributed by atoms with Gasteiger partial charge in [-0.05, 0) is 43.3 Å². The van der Waals surface area contributed by atoms with E-state index in [9.17, 15) is 4.79 Å². The number of amides is 1. The van der Waals surface area contributed by atoms with E-state index in [0.29, 0.717) is 11.0 Å². The fraction of sp³-hybridized carbons (Fsp3) is 0.300. The number of H-pyrrole nitrogens is 1. The number of ether oxygens (including phenoxy) is 1. The number of hydrogen-bond acceptors (Lipinski definition) is 7. The Balaban J connectivity index is 1.33. The van der Waals surface area contributed by atoms with Crippen LogP contribution in [-0.2, 0) is 9.53 Å². The highest BCUT2D eigenvalue weighted by Crippen LogP contribution is 2.24. The van der Waals surface area contributed by atoms with Gasteiger partial charge < -0.3 is 15.0 Å². The van der Waals surface area contributed by atoms with Crippen LogP contribution in [0.5, 0.6) is 0 Å². The third kappa shape index (κ3) is 4.93. The average Bonchev–Trinajstić information content (AvgIpc) is 3.24. The number of aromatic amines is 1. The molecule has 4 rings (SSSR count). The fourth-order valence-corrected chi connectivity index (χ4v) is 3.70. The SMILES string of the molecule is C[C@@H](Sc1n[nH]c(-c2ccncc2)n1)C(=O)Nc1ccc(N2CCOCC2)cc1. The quantitative estimate of drug-likeness (QED) is 0.603. The number of benzene rings is 1. The monoisotopic (exact) mass is 410 g/mol. The van der Waals surface area contributed by atoms with Crippen molar-refractivity contribution in [3.8, 4) is 11.4 Å². The lowest BCUT2D eigenvalue weighted by Crippen LogP contribution is -2.36. The number of rotatable bonds is 6. The van der Waals surface area contributed by atoms with E-state index >= 15 is 0 Å². The van der Waals surface area contributed by atoms with Crippen LogP contribution in [0.15, 0.2) is 53.9 Å². The number of carbonyl (C=O) groups excluding carboxylic acids is 1. The highest BCUT2D eigenvalue weighted by molar-refractivity contribution is 8.00. The van der Waals surface area contributed by atoms with E-state index < -0.39 is 0 Å². The van der Waals surface area contributed by atoms with E-state index in [-0.39, 0.29) is 11.2 Å². The Bertz CT molecular complexity index is 941. The second-order valence-electron chi connectivity index (χ2n) is 6.60. The van der Waals surface area contributed by atoms with Crippen molar-refractivity contribution in [2.45, 2.75) is 17.3 Å². The van der Waals surface area contributed by atoms with Crippen LogP contribution in [0.3, 0.4) is 0 Å². The van der Waals surface area contributed by atoms with Crippen molar-refractivity contribution in [1.29, 1.82) is 0 Å². The lowest BCUT2D eigenvalue weighted by atomic mass is 10.2. The molecule has 1 atom stereocenters. The Morgan fingerprint density at radius 2 is 1.90 bits per heavy atom. The Kier molecular flexibility index (Phi) is 6.06. The number of aromatic nitrogens is 4. The minimum Gasteiger partial charge on any atom is -0.378 e. The molecular formula is C20H22N6O2S. The first kappa shape index (κ1) is 19.4. The van der Waals surface area contributed by atoms with E-state index in [2.05, 4.69) is 30.4 Å². The van der Waals surface area contributed by atoms with E-state index in [1.54, 1.807) is 12.4 Å². The Hall–Kier alpha value is -2.91. The topological polar surface area (TPSA) is 96.0 Å². The van der Waals surface area contributed by atoms with Gasteiger partial charge in [-0.3, -0.25) is 14.9 Å². The molecule has 0 bridgehead atoms. The summed E-state index contributed by atoms with van der Waals surface area (Å²) >= 11 is 1.31. The Morgan fingerprint density at radius 1 is 1.17 bits per heavy atom. The van der Waals surface area contributed by atoms with Crippen molar-refractivity contribution in [3.63, 3.8) is 0 Å². The molecule has 3 aromatic rings. The summed E-state index contributed by atoms with van der Waals surface area (Å²) in [5, 5.41) is 10.2. The van der Waals surface area contributed by atoms with Crippen molar-refractivity contribution < 1.29 is 9.53 Å². The Labute approximate surface area is 173 Å². The van der Waals surface area contributed by atoms with Crippen LogP contribution in [0.4, 0.5) is 11.4 Å². The zero-order valence-corrected chi connectivity index (χ0v) is 16.9. The molecule has 1 aliphatic rings. The Morgan fingerprint density at radius 3 is 2.62 bits per heavy atom. The summed E-state index contributed by atoms with van der Waals surface area (Å²) < 4.78 is 5.38. The van der Waals surface area contributed by atoms with Gasteiger partial charge in [0.1, 0.15) is 0 Å². The third-order valence-electron chi connectivity index (χ3n) is 4.58. The van der Waals surface area contributed by atoms with Crippen LogP contribution in [0.1, 0.15) is 6.92 Å². The van der Waals surface area contributed by atoms with Gasteiger partial charge in [0.15, 0.2) is 5.82 Å². The number of thioether (sulfide) groups is 1. The maximum absolute atomic E-state index is 12.5. The number of pyridine rings is 1. The normalized spacial score (nSPS) is 15.1. The zero-order chi connectivity index (χ0) is 20.1. The van der Waals surface area contributed by atoms with E-state index in [0.717, 1.165) is 43.2 Å². The average molecular weight is 411 g/mol. The summed E-state index contributed by atoms with van der Waals surface area (Å²) in [5.41, 5.74) is 2.81. The summed E-state index contributed by atoms with van der Waals surface area (Å²) in [7, 11) is 0. The largest absolute Gasteiger partial charge is 0.378 e. The van der Waals surface area contributed by atoms with Gasteiger partial charge in [-0.2, -0.15) is 0 Å². The van der Waals surface area contributed by atoms with Crippen LogP contribution in [0.25, 0.3) is 11.4 Å². The summed E-state index contributed by atoms with van der Waals surface area (Å²) in [6.07, 6.45) is 3.40. The van der Waals surface area contributed by atoms with Crippen molar-refractivity contribution in [3.05, 3.63) is 48.8 Å². The lowest BCUT2D eigenvalue weighted by molar-refractivity contribution is -0.115. The second-order valence-corrected chi connectivity index (χ2v) is 7.91. The van der Waals surface area contributed by atoms with Gasteiger partial charge in [0.2, 0.25) is 11.1 Å². The molecule has 0 unspecified atom stereocenters. The van der Waals surface area contributed by atoms with Crippen LogP contribution in [-0.4, -0.2) is 57.6 Å². The summed E-state index contributed by atoms with van der Waals surface area (Å²) in [6, 6.07) is 11.6. The van der Waals surface area contributed by atoms with Crippen LogP contribution in [0, 0.1) is 0 Å². The predicted octanol–water partition coefficient (Wildman–Crippen LogP) is 2.82. The fourth-order valence-electron chi connectivity index (χ4n) is 2.97. The zero-order valence-electron chi connectivity index (χ0n) is 16.0. The number of nitrogens with zero attached hydrogens (tertiary/aromatic N) is 4. The lowest BCUT2D eigenvalue weighted by Gasteiger charge is -2.28. The molecule has 1 amide bonds. The number of carbonyl (C=O) groups is 1. The molecule has 0 radical (unpaired) electrons. The number of morpholine rings is 1. The van der Waals surface area contributed by atoms with Crippen molar-refractivity contribution in [2.24, 2.45) is 0 Å². The van der Waals surface area contributed by atoms with Crippen LogP contribution in [0.2, 0.25) is 0 Å². The maximum Gasteiger partial charge on any atom is 0.237 e. The van der Waals surface area contributed by atoms with Gasteiger partial charge in [0.05, 0.1) is 18.5 Å². The number of nitrogens with one attached hydrogen (secondary N) is 2. The molecule has 1 aromatic carbocycles. The van der Waals surface area contributed by atoms with Gasteiger partial charge >= 0.3 is 0 Å². The molecule has 2 aromatic heterocycles. The van der Waals surface area contributed by atoms with Gasteiger partial charge in [-0.1, -0.05) is 11.8 Å². The first-order valence-corrected chi connectivity index (χ1v) is 10.3. The van der Waals surface area contributed by atoms with E-state index in [1.165, 1.54) is 11.8 Å². The highest BCUT2D eigenvalue weighted by atomic mass is 32.2. The highest BCUT2D eigenvalue weighted by Gasteiger charge is 2.18. The van der Waals surface area contributed by atoms with Gasteiger partial charge in [0.25, 0.3) is 0 Å². The number of hydrogen-bond donors (Lipinski definition) is 2. The summed E-state index contributed by atoms with van der Waals surface area (Å²) in [4.78, 5) is 23.3. The van der Waals surface area contributed by atoms with Crippen molar-refractivity contribution >= 4 is 29.0 Å². The molecule has 1 fully saturated rings. The van der Waals surface area contributed by atoms with Crippen LogP contribution < -0.4 is 10.2 Å². The summed E-state index contributed by atoms with van der Waals surface area (Å²) in [5.74, 6) is 0.561. The molecule has 2 N–H and O–H groups in total. The van der Waals surface area contributed by atoms with Gasteiger partial charge in [-0.25, -0.2) is 4.98 Å². The van der Waals surface area contributed by atoms with Crippen molar-refractivity contribution in [1.82, 2.24) is 20.2 Å². The van der Waals surface area contributed by atoms with Gasteiger partial charge in [-0.15, -0.1) is 5.10 Å². The summed E-state index contributed by atoms with van der Waals surface area (Å²) in [6.45, 7) is 5.11. The molecule has 0 aliphatic carbocycles. The first-order valence-electron chi connectivity index (χ1n) is 9.42. The molecule has 150 valence electrons. The molecule has 0 spiro atoms. The first-order chi connectivity index (χ1) is 14.2. The molecule has 29 heavy (non-hydrogen) atoms. The third-order valence-corrected chi connectivity index (χ3v) is 5.54. The molecule has 8 nitrogen and oxygen atoms in total. The molecule has 3 heterocycles. The maximum atomic E-state index is 12.5. The van der Waals surface area contributed by atoms with Gasteiger partial charge in [0, 0.05) is 42.4 Å². The van der Waals surface area contributed by atoms with E-state index in [4.69, 9.17) is 4.74 Å². The van der Waals surface area contributed by atoms with E-state index in [1.807, 2.05) is 43.3 Å². The molecule has 0 saturated carbocycles. The minimum atomic E-state index is -0.338. The molecule has 9 heteroatoms. The number of anilines is 2. The van der Waals surface area contributed by atoms with Crippen LogP contribution >= 0.6 is 11.8 Å². The smallest absolute Gasteiger partial charge is 0.237 e. The molecule has 1 saturated heterocycles. The molecular weight excluding hydrogens is 388 g/mol. The molecule has 1 aliphatic heterocycles. The minimum absolute atomic E-state index is 0.0932.